The molecule has 2 aliphatic heterocycles. The van der Waals surface area contributed by atoms with Gasteiger partial charge in [0, 0.05) is 12.6 Å². The lowest BCUT2D eigenvalue weighted by Gasteiger charge is -2.43. The van der Waals surface area contributed by atoms with Gasteiger partial charge in [-0.05, 0) is 45.1 Å². The molecule has 2 saturated heterocycles. The Morgan fingerprint density at radius 3 is 3.06 bits per heavy atom. The van der Waals surface area contributed by atoms with Crippen molar-refractivity contribution in [2.45, 2.75) is 70.9 Å². The van der Waals surface area contributed by atoms with Crippen molar-refractivity contribution in [3.05, 3.63) is 11.6 Å². The van der Waals surface area contributed by atoms with Gasteiger partial charge in [0.05, 0.1) is 5.60 Å². The molecule has 0 aromatic carbocycles. The number of allylic oxidation sites excluding steroid dienone is 1. The van der Waals surface area contributed by atoms with Crippen molar-refractivity contribution >= 4 is 0 Å². The van der Waals surface area contributed by atoms with E-state index in [4.69, 9.17) is 0 Å². The van der Waals surface area contributed by atoms with E-state index in [-0.39, 0.29) is 0 Å². The highest BCUT2D eigenvalue weighted by Crippen LogP contribution is 2.37. The van der Waals surface area contributed by atoms with E-state index in [9.17, 15) is 5.11 Å². The predicted molar refractivity (Wildman–Crippen MR) is 76.6 cm³/mol. The molecule has 1 N–H and O–H groups in total. The average molecular weight is 251 g/mol. The third-order valence-electron chi connectivity index (χ3n) is 4.61. The van der Waals surface area contributed by atoms with Gasteiger partial charge in [-0.3, -0.25) is 4.90 Å². The molecule has 2 heterocycles. The first-order chi connectivity index (χ1) is 8.53. The second-order valence-electron chi connectivity index (χ2n) is 6.61. The SMILES string of the molecule is CCCCC(C)/C=C1\CN2CCCC2C(C)(O)C1. The second kappa shape index (κ2) is 5.75. The highest BCUT2D eigenvalue weighted by molar-refractivity contribution is 5.17. The minimum atomic E-state index is -0.509. The molecule has 2 nitrogen and oxygen atoms in total. The van der Waals surface area contributed by atoms with E-state index in [0.717, 1.165) is 13.0 Å². The summed E-state index contributed by atoms with van der Waals surface area (Å²) >= 11 is 0. The van der Waals surface area contributed by atoms with Crippen LogP contribution in [0.5, 0.6) is 0 Å². The summed E-state index contributed by atoms with van der Waals surface area (Å²) in [4.78, 5) is 2.49. The Balaban J connectivity index is 2.00. The Bertz CT molecular complexity index is 308. The van der Waals surface area contributed by atoms with E-state index in [1.165, 1.54) is 44.2 Å². The van der Waals surface area contributed by atoms with Crippen LogP contribution in [0.15, 0.2) is 11.6 Å². The molecule has 104 valence electrons. The summed E-state index contributed by atoms with van der Waals surface area (Å²) in [5.74, 6) is 0.662. The Morgan fingerprint density at radius 1 is 1.56 bits per heavy atom. The van der Waals surface area contributed by atoms with Crippen LogP contribution < -0.4 is 0 Å². The molecule has 0 aromatic rings. The van der Waals surface area contributed by atoms with Gasteiger partial charge in [-0.1, -0.05) is 38.3 Å². The third-order valence-corrected chi connectivity index (χ3v) is 4.61. The molecule has 2 aliphatic rings. The van der Waals surface area contributed by atoms with Gasteiger partial charge in [-0.2, -0.15) is 0 Å². The Labute approximate surface area is 112 Å². The third kappa shape index (κ3) is 3.16. The number of hydrogen-bond acceptors (Lipinski definition) is 2. The molecule has 2 rings (SSSR count). The zero-order valence-electron chi connectivity index (χ0n) is 12.3. The van der Waals surface area contributed by atoms with Crippen molar-refractivity contribution in [2.75, 3.05) is 13.1 Å². The van der Waals surface area contributed by atoms with Crippen molar-refractivity contribution < 1.29 is 5.11 Å². The molecule has 2 fully saturated rings. The van der Waals surface area contributed by atoms with Gasteiger partial charge in [-0.25, -0.2) is 0 Å². The van der Waals surface area contributed by atoms with Crippen LogP contribution >= 0.6 is 0 Å². The quantitative estimate of drug-likeness (QED) is 0.775. The summed E-state index contributed by atoms with van der Waals surface area (Å²) in [7, 11) is 0. The fourth-order valence-corrected chi connectivity index (χ4v) is 3.74. The molecule has 0 radical (unpaired) electrons. The molecular formula is C16H29NO. The molecule has 0 bridgehead atoms. The van der Waals surface area contributed by atoms with Crippen LogP contribution in [-0.2, 0) is 0 Å². The van der Waals surface area contributed by atoms with Gasteiger partial charge in [0.1, 0.15) is 0 Å². The molecule has 0 aromatic heterocycles. The summed E-state index contributed by atoms with van der Waals surface area (Å²) in [6.45, 7) is 8.85. The summed E-state index contributed by atoms with van der Waals surface area (Å²) in [6, 6.07) is 0.403. The van der Waals surface area contributed by atoms with E-state index in [1.807, 2.05) is 6.92 Å². The summed E-state index contributed by atoms with van der Waals surface area (Å²) in [6.07, 6.45) is 9.60. The Morgan fingerprint density at radius 2 is 2.33 bits per heavy atom. The Kier molecular flexibility index (Phi) is 4.50. The van der Waals surface area contributed by atoms with Gasteiger partial charge < -0.3 is 5.11 Å². The van der Waals surface area contributed by atoms with Gasteiger partial charge >= 0.3 is 0 Å². The minimum absolute atomic E-state index is 0.403. The van der Waals surface area contributed by atoms with Gasteiger partial charge in [-0.15, -0.1) is 0 Å². The van der Waals surface area contributed by atoms with Crippen molar-refractivity contribution in [3.8, 4) is 0 Å². The number of piperidine rings is 1. The molecule has 0 amide bonds. The average Bonchev–Trinajstić information content (AvgIpc) is 2.74. The lowest BCUT2D eigenvalue weighted by molar-refractivity contribution is -0.0330. The number of rotatable bonds is 4. The topological polar surface area (TPSA) is 23.5 Å². The minimum Gasteiger partial charge on any atom is -0.388 e. The number of nitrogens with zero attached hydrogens (tertiary/aromatic N) is 1. The smallest absolute Gasteiger partial charge is 0.0811 e. The van der Waals surface area contributed by atoms with Crippen LogP contribution in [0.2, 0.25) is 0 Å². The molecule has 2 heteroatoms. The normalized spacial score (nSPS) is 36.9. The number of fused-ring (bicyclic) bond motifs is 1. The van der Waals surface area contributed by atoms with Gasteiger partial charge in [0.2, 0.25) is 0 Å². The molecule has 0 saturated carbocycles. The standard InChI is InChI=1S/C16H29NO/c1-4-5-7-13(2)10-14-11-16(3,18)15-8-6-9-17(15)12-14/h10,13,15,18H,4-9,11-12H2,1-3H3/b14-10-. The molecule has 3 atom stereocenters. The van der Waals surface area contributed by atoms with E-state index in [0.29, 0.717) is 12.0 Å². The van der Waals surface area contributed by atoms with Gasteiger partial charge in [0.15, 0.2) is 0 Å². The molecule has 0 aliphatic carbocycles. The summed E-state index contributed by atoms with van der Waals surface area (Å²) < 4.78 is 0. The fraction of sp³-hybridized carbons (Fsp3) is 0.875. The largest absolute Gasteiger partial charge is 0.388 e. The number of unbranched alkanes of at least 4 members (excludes halogenated alkanes) is 1. The van der Waals surface area contributed by atoms with Crippen molar-refractivity contribution in [1.29, 1.82) is 0 Å². The van der Waals surface area contributed by atoms with Crippen LogP contribution in [-0.4, -0.2) is 34.7 Å². The molecule has 0 spiro atoms. The summed E-state index contributed by atoms with van der Waals surface area (Å²) in [5, 5.41) is 10.6. The lowest BCUT2D eigenvalue weighted by Crippen LogP contribution is -2.52. The molecule has 18 heavy (non-hydrogen) atoms. The zero-order valence-corrected chi connectivity index (χ0v) is 12.3. The first-order valence-electron chi connectivity index (χ1n) is 7.69. The lowest BCUT2D eigenvalue weighted by atomic mass is 9.82. The second-order valence-corrected chi connectivity index (χ2v) is 6.61. The predicted octanol–water partition coefficient (Wildman–Crippen LogP) is 3.36. The number of aliphatic hydroxyl groups is 1. The highest BCUT2D eigenvalue weighted by atomic mass is 16.3. The van der Waals surface area contributed by atoms with E-state index >= 15 is 0 Å². The van der Waals surface area contributed by atoms with Crippen LogP contribution in [0.25, 0.3) is 0 Å². The van der Waals surface area contributed by atoms with E-state index in [1.54, 1.807) is 0 Å². The van der Waals surface area contributed by atoms with Crippen LogP contribution in [0, 0.1) is 5.92 Å². The van der Waals surface area contributed by atoms with E-state index < -0.39 is 5.60 Å². The first-order valence-corrected chi connectivity index (χ1v) is 7.69. The van der Waals surface area contributed by atoms with E-state index in [2.05, 4.69) is 24.8 Å². The van der Waals surface area contributed by atoms with Crippen LogP contribution in [0.1, 0.15) is 59.3 Å². The fourth-order valence-electron chi connectivity index (χ4n) is 3.74. The van der Waals surface area contributed by atoms with Crippen molar-refractivity contribution in [3.63, 3.8) is 0 Å². The monoisotopic (exact) mass is 251 g/mol. The maximum absolute atomic E-state index is 10.6. The van der Waals surface area contributed by atoms with Crippen molar-refractivity contribution in [2.24, 2.45) is 5.92 Å². The van der Waals surface area contributed by atoms with Crippen LogP contribution in [0.4, 0.5) is 0 Å². The van der Waals surface area contributed by atoms with Gasteiger partial charge in [0.25, 0.3) is 0 Å². The highest BCUT2D eigenvalue weighted by Gasteiger charge is 2.43. The first kappa shape index (κ1) is 14.1. The Hall–Kier alpha value is -0.340. The number of hydrogen-bond donors (Lipinski definition) is 1. The van der Waals surface area contributed by atoms with Crippen LogP contribution in [0.3, 0.4) is 0 Å². The maximum Gasteiger partial charge on any atom is 0.0811 e. The summed E-state index contributed by atoms with van der Waals surface area (Å²) in [5.41, 5.74) is 0.951. The molecule has 3 unspecified atom stereocenters. The van der Waals surface area contributed by atoms with Crippen molar-refractivity contribution in [1.82, 2.24) is 4.90 Å². The zero-order chi connectivity index (χ0) is 13.2. The maximum atomic E-state index is 10.6. The molecular weight excluding hydrogens is 222 g/mol.